The second-order valence-electron chi connectivity index (χ2n) is 8.64. The third-order valence-corrected chi connectivity index (χ3v) is 7.32. The maximum atomic E-state index is 13.0. The van der Waals surface area contributed by atoms with Crippen LogP contribution in [0.15, 0.2) is 12.2 Å². The number of rotatable bonds is 2. The largest absolute Gasteiger partial charge is 0.389 e. The Hall–Kier alpha value is -0.960. The van der Waals surface area contributed by atoms with E-state index in [1.807, 2.05) is 6.92 Å². The van der Waals surface area contributed by atoms with Crippen LogP contribution in [0.2, 0.25) is 0 Å². The van der Waals surface area contributed by atoms with Crippen molar-refractivity contribution < 1.29 is 14.7 Å². The van der Waals surface area contributed by atoms with Gasteiger partial charge in [-0.1, -0.05) is 31.9 Å². The van der Waals surface area contributed by atoms with Gasteiger partial charge in [-0.25, -0.2) is 0 Å². The van der Waals surface area contributed by atoms with E-state index in [1.54, 1.807) is 6.92 Å². The van der Waals surface area contributed by atoms with E-state index in [0.717, 1.165) is 31.3 Å². The maximum Gasteiger partial charge on any atom is 0.139 e. The topological polar surface area (TPSA) is 54.4 Å². The van der Waals surface area contributed by atoms with Crippen molar-refractivity contribution in [3.8, 4) is 0 Å². The second kappa shape index (κ2) is 5.54. The zero-order chi connectivity index (χ0) is 17.0. The van der Waals surface area contributed by atoms with E-state index in [-0.39, 0.29) is 35.2 Å². The Labute approximate surface area is 139 Å². The van der Waals surface area contributed by atoms with Gasteiger partial charge in [-0.15, -0.1) is 0 Å². The Balaban J connectivity index is 2.03. The summed E-state index contributed by atoms with van der Waals surface area (Å²) in [5.41, 5.74) is -0.268. The smallest absolute Gasteiger partial charge is 0.139 e. The van der Waals surface area contributed by atoms with Gasteiger partial charge in [-0.2, -0.15) is 0 Å². The van der Waals surface area contributed by atoms with Crippen molar-refractivity contribution in [1.82, 2.24) is 0 Å². The summed E-state index contributed by atoms with van der Waals surface area (Å²) in [6.45, 7) is 9.72. The summed E-state index contributed by atoms with van der Waals surface area (Å²) in [4.78, 5) is 25.2. The van der Waals surface area contributed by atoms with Crippen LogP contribution in [0, 0.1) is 29.1 Å². The van der Waals surface area contributed by atoms with Gasteiger partial charge in [0.2, 0.25) is 0 Å². The Morgan fingerprint density at radius 1 is 1.26 bits per heavy atom. The molecular formula is C20H30O3. The highest BCUT2D eigenvalue weighted by atomic mass is 16.3. The fourth-order valence-electron chi connectivity index (χ4n) is 5.85. The number of carbonyl (C=O) groups excluding carboxylic acids is 2. The Morgan fingerprint density at radius 3 is 2.57 bits per heavy atom. The van der Waals surface area contributed by atoms with Crippen LogP contribution in [-0.4, -0.2) is 22.3 Å². The number of allylic oxidation sites excluding steroid dienone is 1. The molecule has 3 nitrogen and oxygen atoms in total. The van der Waals surface area contributed by atoms with Gasteiger partial charge in [-0.3, -0.25) is 9.59 Å². The summed E-state index contributed by atoms with van der Waals surface area (Å²) in [6.07, 6.45) is 5.75. The van der Waals surface area contributed by atoms with Gasteiger partial charge >= 0.3 is 0 Å². The molecule has 1 N–H and O–H groups in total. The van der Waals surface area contributed by atoms with Crippen molar-refractivity contribution in [2.75, 3.05) is 0 Å². The van der Waals surface area contributed by atoms with Crippen LogP contribution < -0.4 is 0 Å². The van der Waals surface area contributed by atoms with Gasteiger partial charge in [0.25, 0.3) is 0 Å². The molecule has 3 fully saturated rings. The minimum Gasteiger partial charge on any atom is -0.389 e. The normalized spacial score (nSPS) is 46.7. The zero-order valence-corrected chi connectivity index (χ0v) is 14.7. The van der Waals surface area contributed by atoms with E-state index in [4.69, 9.17) is 0 Å². The van der Waals surface area contributed by atoms with Crippen LogP contribution in [0.4, 0.5) is 0 Å². The number of Topliss-reactive ketones (excluding diaryl/α,β-unsaturated/α-hetero) is 2. The van der Waals surface area contributed by atoms with E-state index in [1.165, 1.54) is 0 Å². The van der Waals surface area contributed by atoms with Crippen molar-refractivity contribution in [2.24, 2.45) is 29.1 Å². The molecule has 3 aliphatic rings. The molecule has 0 spiro atoms. The minimum absolute atomic E-state index is 0.0499. The standard InChI is InChI=1S/C20H30O3/c1-12(2)14-9-16-15-7-5-6-8-20(15,23)17(13(3)21)11-19(16,4)18(22)10-14/h14-17,23H,1,5-11H2,2-4H3/t14-,15+,16+,17+,19-,20+/m0/s1. The lowest BCUT2D eigenvalue weighted by Gasteiger charge is -2.60. The third-order valence-electron chi connectivity index (χ3n) is 7.32. The van der Waals surface area contributed by atoms with Crippen LogP contribution >= 0.6 is 0 Å². The minimum atomic E-state index is -0.897. The van der Waals surface area contributed by atoms with Crippen molar-refractivity contribution >= 4 is 11.6 Å². The summed E-state index contributed by atoms with van der Waals surface area (Å²) >= 11 is 0. The molecule has 0 radical (unpaired) electrons. The quantitative estimate of drug-likeness (QED) is 0.790. The van der Waals surface area contributed by atoms with E-state index in [9.17, 15) is 14.7 Å². The van der Waals surface area contributed by atoms with Gasteiger partial charge < -0.3 is 5.11 Å². The molecule has 0 aliphatic heterocycles. The summed E-state index contributed by atoms with van der Waals surface area (Å²) in [7, 11) is 0. The average Bonchev–Trinajstić information content (AvgIpc) is 2.47. The van der Waals surface area contributed by atoms with Crippen LogP contribution in [-0.2, 0) is 9.59 Å². The Morgan fingerprint density at radius 2 is 1.96 bits per heavy atom. The van der Waals surface area contributed by atoms with Gasteiger partial charge in [-0.05, 0) is 57.3 Å². The SMILES string of the molecule is C=C(C)[C@@H]1CC(=O)[C@@]2(C)C[C@H](C(C)=O)[C@@]3(O)CCCC[C@@H]3[C@H]2C1. The van der Waals surface area contributed by atoms with Crippen LogP contribution in [0.3, 0.4) is 0 Å². The predicted molar refractivity (Wildman–Crippen MR) is 89.8 cm³/mol. The molecule has 3 aliphatic carbocycles. The number of hydrogen-bond acceptors (Lipinski definition) is 3. The monoisotopic (exact) mass is 318 g/mol. The molecule has 0 bridgehead atoms. The molecule has 3 rings (SSSR count). The molecule has 0 aromatic carbocycles. The third kappa shape index (κ3) is 2.43. The Bertz CT molecular complexity index is 551. The van der Waals surface area contributed by atoms with Crippen LogP contribution in [0.25, 0.3) is 0 Å². The lowest BCUT2D eigenvalue weighted by molar-refractivity contribution is -0.193. The molecule has 0 unspecified atom stereocenters. The molecule has 0 amide bonds. The van der Waals surface area contributed by atoms with Crippen molar-refractivity contribution in [3.63, 3.8) is 0 Å². The number of hydrogen-bond donors (Lipinski definition) is 1. The van der Waals surface area contributed by atoms with E-state index < -0.39 is 11.0 Å². The number of carbonyl (C=O) groups is 2. The molecule has 0 saturated heterocycles. The van der Waals surface area contributed by atoms with Crippen molar-refractivity contribution in [2.45, 2.75) is 71.3 Å². The number of aliphatic hydroxyl groups is 1. The van der Waals surface area contributed by atoms with E-state index in [2.05, 4.69) is 13.5 Å². The van der Waals surface area contributed by atoms with Gasteiger partial charge in [0.1, 0.15) is 11.6 Å². The zero-order valence-electron chi connectivity index (χ0n) is 14.7. The lowest BCUT2D eigenvalue weighted by Crippen LogP contribution is -2.63. The molecule has 0 heterocycles. The Kier molecular flexibility index (Phi) is 4.07. The van der Waals surface area contributed by atoms with Gasteiger partial charge in [0, 0.05) is 17.8 Å². The first-order chi connectivity index (χ1) is 10.7. The first kappa shape index (κ1) is 16.9. The summed E-state index contributed by atoms with van der Waals surface area (Å²) in [5, 5.41) is 11.4. The summed E-state index contributed by atoms with van der Waals surface area (Å²) < 4.78 is 0. The first-order valence-electron chi connectivity index (χ1n) is 9.11. The molecule has 3 saturated carbocycles. The predicted octanol–water partition coefficient (Wildman–Crippen LogP) is 3.69. The van der Waals surface area contributed by atoms with Gasteiger partial charge in [0.05, 0.1) is 5.60 Å². The fraction of sp³-hybridized carbons (Fsp3) is 0.800. The highest BCUT2D eigenvalue weighted by Gasteiger charge is 2.63. The lowest BCUT2D eigenvalue weighted by atomic mass is 9.45. The molecule has 23 heavy (non-hydrogen) atoms. The first-order valence-corrected chi connectivity index (χ1v) is 9.11. The van der Waals surface area contributed by atoms with Crippen LogP contribution in [0.1, 0.15) is 65.7 Å². The summed E-state index contributed by atoms with van der Waals surface area (Å²) in [6, 6.07) is 0. The second-order valence-corrected chi connectivity index (χ2v) is 8.64. The maximum absolute atomic E-state index is 13.0. The number of fused-ring (bicyclic) bond motifs is 3. The van der Waals surface area contributed by atoms with Crippen molar-refractivity contribution in [3.05, 3.63) is 12.2 Å². The van der Waals surface area contributed by atoms with Gasteiger partial charge in [0.15, 0.2) is 0 Å². The molecule has 3 heteroatoms. The highest BCUT2D eigenvalue weighted by Crippen LogP contribution is 2.61. The average molecular weight is 318 g/mol. The van der Waals surface area contributed by atoms with Crippen LogP contribution in [0.5, 0.6) is 0 Å². The molecule has 6 atom stereocenters. The van der Waals surface area contributed by atoms with E-state index >= 15 is 0 Å². The molecular weight excluding hydrogens is 288 g/mol. The molecule has 0 aromatic heterocycles. The highest BCUT2D eigenvalue weighted by molar-refractivity contribution is 5.88. The van der Waals surface area contributed by atoms with Crippen molar-refractivity contribution in [1.29, 1.82) is 0 Å². The molecule has 0 aromatic rings. The number of ketones is 2. The summed E-state index contributed by atoms with van der Waals surface area (Å²) in [5.74, 6) is 0.455. The van der Waals surface area contributed by atoms with E-state index in [0.29, 0.717) is 19.3 Å². The molecule has 128 valence electrons. The fourth-order valence-corrected chi connectivity index (χ4v) is 5.85.